The van der Waals surface area contributed by atoms with Gasteiger partial charge in [0, 0.05) is 21.8 Å². The minimum absolute atomic E-state index is 0.0159. The van der Waals surface area contributed by atoms with Crippen LogP contribution in [0.15, 0.2) is 59.4 Å². The minimum Gasteiger partial charge on any atom is -0.281 e. The van der Waals surface area contributed by atoms with E-state index in [9.17, 15) is 4.79 Å². The molecule has 2 nitrogen and oxygen atoms in total. The van der Waals surface area contributed by atoms with E-state index in [2.05, 4.69) is 0 Å². The number of para-hydroxylation sites is 1. The third kappa shape index (κ3) is 2.04. The zero-order valence-corrected chi connectivity index (χ0v) is 11.2. The molecule has 1 heterocycles. The topological polar surface area (TPSA) is 22.0 Å². The van der Waals surface area contributed by atoms with Gasteiger partial charge in [0.15, 0.2) is 0 Å². The van der Waals surface area contributed by atoms with Crippen LogP contribution in [0.3, 0.4) is 0 Å². The van der Waals surface area contributed by atoms with Crippen molar-refractivity contribution in [3.8, 4) is 5.69 Å². The Bertz CT molecular complexity index is 806. The number of aromatic nitrogens is 1. The average Bonchev–Trinajstić information content (AvgIpc) is 2.39. The Morgan fingerprint density at radius 2 is 1.74 bits per heavy atom. The van der Waals surface area contributed by atoms with Crippen molar-refractivity contribution in [1.82, 2.24) is 4.57 Å². The summed E-state index contributed by atoms with van der Waals surface area (Å²) in [5.41, 5.74) is 1.76. The van der Waals surface area contributed by atoms with Crippen LogP contribution in [-0.2, 0) is 0 Å². The van der Waals surface area contributed by atoms with E-state index >= 15 is 0 Å². The molecule has 0 fully saturated rings. The fraction of sp³-hybridized carbons (Fsp3) is 0.0625. The monoisotopic (exact) mass is 269 g/mol. The Kier molecular flexibility index (Phi) is 2.88. The van der Waals surface area contributed by atoms with Crippen molar-refractivity contribution >= 4 is 22.4 Å². The molecule has 0 radical (unpaired) electrons. The Labute approximate surface area is 115 Å². The number of benzene rings is 2. The van der Waals surface area contributed by atoms with Gasteiger partial charge in [0.1, 0.15) is 0 Å². The van der Waals surface area contributed by atoms with Gasteiger partial charge in [0.05, 0.1) is 0 Å². The molecule has 3 rings (SSSR count). The first-order chi connectivity index (χ1) is 9.16. The summed E-state index contributed by atoms with van der Waals surface area (Å²) in [7, 11) is 0. The first-order valence-electron chi connectivity index (χ1n) is 6.04. The molecule has 94 valence electrons. The average molecular weight is 270 g/mol. The van der Waals surface area contributed by atoms with E-state index in [0.717, 1.165) is 16.8 Å². The molecule has 0 saturated heterocycles. The highest BCUT2D eigenvalue weighted by molar-refractivity contribution is 6.31. The SMILES string of the molecule is Cc1cc2cc(Cl)ccc2c(=O)n1-c1ccccc1. The smallest absolute Gasteiger partial charge is 0.263 e. The number of hydrogen-bond donors (Lipinski definition) is 0. The number of pyridine rings is 1. The van der Waals surface area contributed by atoms with E-state index in [1.165, 1.54) is 0 Å². The van der Waals surface area contributed by atoms with Crippen molar-refractivity contribution in [3.05, 3.63) is 75.7 Å². The Balaban J connectivity index is 2.39. The second-order valence-electron chi connectivity index (χ2n) is 4.49. The molecule has 3 heteroatoms. The zero-order valence-electron chi connectivity index (χ0n) is 10.4. The fourth-order valence-corrected chi connectivity index (χ4v) is 2.50. The van der Waals surface area contributed by atoms with Gasteiger partial charge in [-0.2, -0.15) is 0 Å². The number of nitrogens with zero attached hydrogens (tertiary/aromatic N) is 1. The largest absolute Gasteiger partial charge is 0.281 e. The Morgan fingerprint density at radius 1 is 1.00 bits per heavy atom. The summed E-state index contributed by atoms with van der Waals surface area (Å²) in [6, 6.07) is 17.0. The summed E-state index contributed by atoms with van der Waals surface area (Å²) in [6.07, 6.45) is 0. The molecule has 1 aromatic heterocycles. The highest BCUT2D eigenvalue weighted by Crippen LogP contribution is 2.19. The van der Waals surface area contributed by atoms with Gasteiger partial charge in [-0.15, -0.1) is 0 Å². The second kappa shape index (κ2) is 4.56. The van der Waals surface area contributed by atoms with Gasteiger partial charge in [-0.25, -0.2) is 0 Å². The van der Waals surface area contributed by atoms with E-state index in [4.69, 9.17) is 11.6 Å². The minimum atomic E-state index is -0.0159. The zero-order chi connectivity index (χ0) is 13.4. The lowest BCUT2D eigenvalue weighted by atomic mass is 10.1. The molecule has 0 bridgehead atoms. The maximum Gasteiger partial charge on any atom is 0.263 e. The van der Waals surface area contributed by atoms with Crippen molar-refractivity contribution in [1.29, 1.82) is 0 Å². The molecule has 0 atom stereocenters. The predicted octanol–water partition coefficient (Wildman–Crippen LogP) is 3.95. The number of hydrogen-bond acceptors (Lipinski definition) is 1. The molecule has 0 unspecified atom stereocenters. The third-order valence-electron chi connectivity index (χ3n) is 3.18. The van der Waals surface area contributed by atoms with Gasteiger partial charge in [-0.3, -0.25) is 9.36 Å². The summed E-state index contributed by atoms with van der Waals surface area (Å²) in [4.78, 5) is 12.6. The lowest BCUT2D eigenvalue weighted by molar-refractivity contribution is 0.951. The van der Waals surface area contributed by atoms with E-state index in [0.29, 0.717) is 10.4 Å². The number of halogens is 1. The van der Waals surface area contributed by atoms with Crippen LogP contribution in [0.4, 0.5) is 0 Å². The molecule has 0 aliphatic heterocycles. The third-order valence-corrected chi connectivity index (χ3v) is 3.41. The van der Waals surface area contributed by atoms with E-state index in [-0.39, 0.29) is 5.56 Å². The van der Waals surface area contributed by atoms with Crippen molar-refractivity contribution < 1.29 is 0 Å². The Morgan fingerprint density at radius 3 is 2.47 bits per heavy atom. The first kappa shape index (κ1) is 12.0. The molecule has 0 amide bonds. The summed E-state index contributed by atoms with van der Waals surface area (Å²) in [6.45, 7) is 1.93. The molecular weight excluding hydrogens is 258 g/mol. The van der Waals surface area contributed by atoms with Gasteiger partial charge >= 0.3 is 0 Å². The molecule has 19 heavy (non-hydrogen) atoms. The lowest BCUT2D eigenvalue weighted by Gasteiger charge is -2.11. The van der Waals surface area contributed by atoms with Gasteiger partial charge in [-0.1, -0.05) is 29.8 Å². The summed E-state index contributed by atoms with van der Waals surface area (Å²) < 4.78 is 1.72. The van der Waals surface area contributed by atoms with Crippen molar-refractivity contribution in [2.24, 2.45) is 0 Å². The molecule has 3 aromatic rings. The highest BCUT2D eigenvalue weighted by Gasteiger charge is 2.08. The number of aryl methyl sites for hydroxylation is 1. The molecular formula is C16H12ClNO. The van der Waals surface area contributed by atoms with Crippen molar-refractivity contribution in [2.75, 3.05) is 0 Å². The first-order valence-corrected chi connectivity index (χ1v) is 6.42. The van der Waals surface area contributed by atoms with Crippen LogP contribution in [-0.4, -0.2) is 4.57 Å². The molecule has 0 N–H and O–H groups in total. The molecule has 0 aliphatic carbocycles. The standard InChI is InChI=1S/C16H12ClNO/c1-11-9-12-10-13(17)7-8-15(12)16(19)18(11)14-5-3-2-4-6-14/h2-10H,1H3. The van der Waals surface area contributed by atoms with Crippen LogP contribution in [0.25, 0.3) is 16.5 Å². The Hall–Kier alpha value is -2.06. The number of rotatable bonds is 1. The van der Waals surface area contributed by atoms with Gasteiger partial charge in [0.25, 0.3) is 5.56 Å². The van der Waals surface area contributed by atoms with Gasteiger partial charge in [-0.05, 0) is 48.7 Å². The van der Waals surface area contributed by atoms with Crippen molar-refractivity contribution in [3.63, 3.8) is 0 Å². The summed E-state index contributed by atoms with van der Waals surface area (Å²) >= 11 is 5.97. The molecule has 2 aromatic carbocycles. The maximum atomic E-state index is 12.6. The van der Waals surface area contributed by atoms with Crippen LogP contribution in [0.5, 0.6) is 0 Å². The summed E-state index contributed by atoms with van der Waals surface area (Å²) in [5.74, 6) is 0. The molecule has 0 saturated carbocycles. The normalized spacial score (nSPS) is 10.8. The summed E-state index contributed by atoms with van der Waals surface area (Å²) in [5, 5.41) is 2.20. The predicted molar refractivity (Wildman–Crippen MR) is 79.3 cm³/mol. The van der Waals surface area contributed by atoms with Gasteiger partial charge in [0.2, 0.25) is 0 Å². The van der Waals surface area contributed by atoms with Crippen LogP contribution in [0.2, 0.25) is 5.02 Å². The highest BCUT2D eigenvalue weighted by atomic mass is 35.5. The fourth-order valence-electron chi connectivity index (χ4n) is 2.32. The van der Waals surface area contributed by atoms with Crippen LogP contribution >= 0.6 is 11.6 Å². The lowest BCUT2D eigenvalue weighted by Crippen LogP contribution is -2.20. The van der Waals surface area contributed by atoms with Crippen molar-refractivity contribution in [2.45, 2.75) is 6.92 Å². The second-order valence-corrected chi connectivity index (χ2v) is 4.93. The molecule has 0 spiro atoms. The molecule has 0 aliphatic rings. The van der Waals surface area contributed by atoms with Gasteiger partial charge < -0.3 is 0 Å². The maximum absolute atomic E-state index is 12.6. The van der Waals surface area contributed by atoms with Crippen LogP contribution < -0.4 is 5.56 Å². The number of fused-ring (bicyclic) bond motifs is 1. The van der Waals surface area contributed by atoms with E-state index < -0.39 is 0 Å². The quantitative estimate of drug-likeness (QED) is 0.656. The van der Waals surface area contributed by atoms with Crippen LogP contribution in [0.1, 0.15) is 5.69 Å². The van der Waals surface area contributed by atoms with E-state index in [1.54, 1.807) is 16.7 Å². The van der Waals surface area contributed by atoms with E-state index in [1.807, 2.05) is 49.4 Å². The van der Waals surface area contributed by atoms with Crippen LogP contribution in [0, 0.1) is 6.92 Å².